The molecule has 1 atom stereocenters. The summed E-state index contributed by atoms with van der Waals surface area (Å²) in [6.45, 7) is 2.13. The third kappa shape index (κ3) is 6.47. The predicted octanol–water partition coefficient (Wildman–Crippen LogP) is 2.59. The maximum atomic E-state index is 10.7. The third-order valence-corrected chi connectivity index (χ3v) is 2.17. The Bertz CT molecular complexity index is 126. The van der Waals surface area contributed by atoms with Gasteiger partial charge < -0.3 is 4.74 Å². The Morgan fingerprint density at radius 3 is 2.67 bits per heavy atom. The van der Waals surface area contributed by atoms with E-state index in [0.29, 0.717) is 18.2 Å². The largest absolute Gasteiger partial charge is 0.469 e. The molecule has 0 aromatic rings. The van der Waals surface area contributed by atoms with Crippen LogP contribution < -0.4 is 0 Å². The van der Waals surface area contributed by atoms with Crippen LogP contribution in [0.4, 0.5) is 0 Å². The molecule has 0 aromatic heterocycles. The average Bonchev–Trinajstić information content (AvgIpc) is 2.10. The van der Waals surface area contributed by atoms with Crippen molar-refractivity contribution in [3.05, 3.63) is 0 Å². The van der Waals surface area contributed by atoms with Crippen molar-refractivity contribution in [2.75, 3.05) is 13.0 Å². The van der Waals surface area contributed by atoms with Crippen molar-refractivity contribution >= 4 is 17.6 Å². The highest BCUT2D eigenvalue weighted by molar-refractivity contribution is 6.17. The number of carbonyl (C=O) groups is 1. The van der Waals surface area contributed by atoms with Crippen molar-refractivity contribution in [2.24, 2.45) is 5.92 Å². The first-order chi connectivity index (χ1) is 5.70. The van der Waals surface area contributed by atoms with E-state index < -0.39 is 0 Å². The van der Waals surface area contributed by atoms with Gasteiger partial charge in [-0.3, -0.25) is 4.79 Å². The number of methoxy groups -OCH3 is 1. The van der Waals surface area contributed by atoms with E-state index in [2.05, 4.69) is 11.7 Å². The number of hydrogen-bond acceptors (Lipinski definition) is 2. The summed E-state index contributed by atoms with van der Waals surface area (Å²) >= 11 is 5.54. The minimum atomic E-state index is -0.118. The summed E-state index contributed by atoms with van der Waals surface area (Å²) in [6.07, 6.45) is 3.56. The van der Waals surface area contributed by atoms with Gasteiger partial charge in [-0.2, -0.15) is 0 Å². The Labute approximate surface area is 79.2 Å². The second-order valence-corrected chi connectivity index (χ2v) is 3.43. The zero-order valence-corrected chi connectivity index (χ0v) is 8.56. The fraction of sp³-hybridized carbons (Fsp3) is 0.889. The van der Waals surface area contributed by atoms with Crippen molar-refractivity contribution in [2.45, 2.75) is 32.6 Å². The SMILES string of the molecule is COC(=O)CCC(C)CCCCl. The molecule has 72 valence electrons. The highest BCUT2D eigenvalue weighted by Gasteiger charge is 2.05. The summed E-state index contributed by atoms with van der Waals surface area (Å²) in [7, 11) is 1.42. The van der Waals surface area contributed by atoms with Crippen molar-refractivity contribution in [3.8, 4) is 0 Å². The first kappa shape index (κ1) is 11.8. The second-order valence-electron chi connectivity index (χ2n) is 3.05. The van der Waals surface area contributed by atoms with E-state index in [1.54, 1.807) is 0 Å². The van der Waals surface area contributed by atoms with Crippen LogP contribution in [-0.2, 0) is 9.53 Å². The number of rotatable bonds is 6. The Hall–Kier alpha value is -0.240. The summed E-state index contributed by atoms with van der Waals surface area (Å²) in [6, 6.07) is 0. The monoisotopic (exact) mass is 192 g/mol. The molecule has 3 heteroatoms. The van der Waals surface area contributed by atoms with Crippen LogP contribution in [0.25, 0.3) is 0 Å². The lowest BCUT2D eigenvalue weighted by molar-refractivity contribution is -0.140. The van der Waals surface area contributed by atoms with Gasteiger partial charge in [-0.15, -0.1) is 11.6 Å². The molecule has 0 heterocycles. The summed E-state index contributed by atoms with van der Waals surface area (Å²) < 4.78 is 4.54. The van der Waals surface area contributed by atoms with E-state index in [4.69, 9.17) is 11.6 Å². The first-order valence-corrected chi connectivity index (χ1v) is 4.87. The number of hydrogen-bond donors (Lipinski definition) is 0. The molecule has 0 radical (unpaired) electrons. The minimum absolute atomic E-state index is 0.118. The molecule has 0 N–H and O–H groups in total. The van der Waals surface area contributed by atoms with Crippen LogP contribution >= 0.6 is 11.6 Å². The number of halogens is 1. The molecule has 0 fully saturated rings. The summed E-state index contributed by atoms with van der Waals surface area (Å²) in [5, 5.41) is 0. The molecule has 0 aliphatic rings. The van der Waals surface area contributed by atoms with Gasteiger partial charge in [0, 0.05) is 12.3 Å². The Morgan fingerprint density at radius 2 is 2.17 bits per heavy atom. The lowest BCUT2D eigenvalue weighted by Crippen LogP contribution is -2.04. The van der Waals surface area contributed by atoms with E-state index in [-0.39, 0.29) is 5.97 Å². The van der Waals surface area contributed by atoms with Crippen molar-refractivity contribution in [3.63, 3.8) is 0 Å². The molecular formula is C9H17ClO2. The van der Waals surface area contributed by atoms with Crippen molar-refractivity contribution in [1.82, 2.24) is 0 Å². The van der Waals surface area contributed by atoms with Gasteiger partial charge in [0.25, 0.3) is 0 Å². The lowest BCUT2D eigenvalue weighted by Gasteiger charge is -2.08. The van der Waals surface area contributed by atoms with E-state index in [0.717, 1.165) is 19.3 Å². The molecule has 1 unspecified atom stereocenters. The number of esters is 1. The van der Waals surface area contributed by atoms with Crippen LogP contribution in [-0.4, -0.2) is 19.0 Å². The van der Waals surface area contributed by atoms with Crippen molar-refractivity contribution < 1.29 is 9.53 Å². The van der Waals surface area contributed by atoms with Gasteiger partial charge in [-0.05, 0) is 25.2 Å². The van der Waals surface area contributed by atoms with Gasteiger partial charge in [0.05, 0.1) is 7.11 Å². The van der Waals surface area contributed by atoms with Crippen LogP contribution in [0.5, 0.6) is 0 Å². The Kier molecular flexibility index (Phi) is 7.26. The number of ether oxygens (including phenoxy) is 1. The molecule has 12 heavy (non-hydrogen) atoms. The van der Waals surface area contributed by atoms with Gasteiger partial charge in [-0.25, -0.2) is 0 Å². The molecule has 2 nitrogen and oxygen atoms in total. The molecule has 0 bridgehead atoms. The van der Waals surface area contributed by atoms with Crippen LogP contribution in [0.2, 0.25) is 0 Å². The quantitative estimate of drug-likeness (QED) is 0.478. The predicted molar refractivity (Wildman–Crippen MR) is 50.4 cm³/mol. The molecule has 0 saturated heterocycles. The number of carbonyl (C=O) groups excluding carboxylic acids is 1. The van der Waals surface area contributed by atoms with Gasteiger partial charge in [-0.1, -0.05) is 6.92 Å². The maximum absolute atomic E-state index is 10.7. The molecule has 0 aliphatic heterocycles. The van der Waals surface area contributed by atoms with E-state index in [9.17, 15) is 4.79 Å². The van der Waals surface area contributed by atoms with E-state index >= 15 is 0 Å². The second kappa shape index (κ2) is 7.41. The summed E-state index contributed by atoms with van der Waals surface area (Å²) in [5.41, 5.74) is 0. The van der Waals surface area contributed by atoms with Gasteiger partial charge in [0.1, 0.15) is 0 Å². The standard InChI is InChI=1S/C9H17ClO2/c1-8(4-3-7-10)5-6-9(11)12-2/h8H,3-7H2,1-2H3. The van der Waals surface area contributed by atoms with Crippen molar-refractivity contribution in [1.29, 1.82) is 0 Å². The van der Waals surface area contributed by atoms with Crippen LogP contribution in [0.1, 0.15) is 32.6 Å². The minimum Gasteiger partial charge on any atom is -0.469 e. The summed E-state index contributed by atoms with van der Waals surface area (Å²) in [5.74, 6) is 1.17. The zero-order chi connectivity index (χ0) is 9.40. The molecule has 0 aliphatic carbocycles. The highest BCUT2D eigenvalue weighted by atomic mass is 35.5. The van der Waals surface area contributed by atoms with Crippen LogP contribution in [0.3, 0.4) is 0 Å². The Balaban J connectivity index is 3.30. The summed E-state index contributed by atoms with van der Waals surface area (Å²) in [4.78, 5) is 10.7. The molecule has 0 spiro atoms. The van der Waals surface area contributed by atoms with E-state index in [1.807, 2.05) is 0 Å². The highest BCUT2D eigenvalue weighted by Crippen LogP contribution is 2.13. The lowest BCUT2D eigenvalue weighted by atomic mass is 10.0. The van der Waals surface area contributed by atoms with E-state index in [1.165, 1.54) is 7.11 Å². The zero-order valence-electron chi connectivity index (χ0n) is 7.81. The fourth-order valence-corrected chi connectivity index (χ4v) is 1.19. The van der Waals surface area contributed by atoms with Crippen LogP contribution in [0, 0.1) is 5.92 Å². The molecular weight excluding hydrogens is 176 g/mol. The third-order valence-electron chi connectivity index (χ3n) is 1.90. The van der Waals surface area contributed by atoms with Crippen LogP contribution in [0.15, 0.2) is 0 Å². The van der Waals surface area contributed by atoms with Gasteiger partial charge >= 0.3 is 5.97 Å². The normalized spacial score (nSPS) is 12.6. The smallest absolute Gasteiger partial charge is 0.305 e. The topological polar surface area (TPSA) is 26.3 Å². The fourth-order valence-electron chi connectivity index (χ4n) is 1.04. The van der Waals surface area contributed by atoms with Gasteiger partial charge in [0.2, 0.25) is 0 Å². The first-order valence-electron chi connectivity index (χ1n) is 4.33. The molecule has 0 aromatic carbocycles. The van der Waals surface area contributed by atoms with Gasteiger partial charge in [0.15, 0.2) is 0 Å². The average molecular weight is 193 g/mol. The molecule has 0 saturated carbocycles. The number of alkyl halides is 1. The maximum Gasteiger partial charge on any atom is 0.305 e. The molecule has 0 rings (SSSR count). The molecule has 0 amide bonds. The Morgan fingerprint density at radius 1 is 1.50 bits per heavy atom.